The molecule has 0 aromatic heterocycles. The Morgan fingerprint density at radius 2 is 1.31 bits per heavy atom. The summed E-state index contributed by atoms with van der Waals surface area (Å²) in [7, 11) is 0. The lowest BCUT2D eigenvalue weighted by molar-refractivity contribution is -0.152. The number of carbonyl (C=O) groups is 5. The summed E-state index contributed by atoms with van der Waals surface area (Å²) >= 11 is 0. The van der Waals surface area contributed by atoms with Gasteiger partial charge in [-0.3, -0.25) is 24.0 Å². The molecular weight excluding hydrogens is 552 g/mol. The van der Waals surface area contributed by atoms with Crippen LogP contribution in [0.25, 0.3) is 0 Å². The minimum atomic E-state index is -1.39. The number of carbonyl (C=O) groups excluding carboxylic acids is 5. The first-order valence-electron chi connectivity index (χ1n) is 13.7. The molecule has 0 aromatic rings. The van der Waals surface area contributed by atoms with E-state index in [4.69, 9.17) is 23.7 Å². The van der Waals surface area contributed by atoms with Crippen LogP contribution >= 0.6 is 0 Å². The standard InChI is InChI=1S/C30H42O12/c1-14-25(39-17(4)32)11-22-24(37)10-21(13-38-16(3)31)23(36)12-26(40-18(5)33)15(2)28(41-19(6)34)29(42-20(7)35)27(14)30(22,8)9/h10,22-26,29,36-37H,11-13H2,1-9H3. The average molecular weight is 595 g/mol. The summed E-state index contributed by atoms with van der Waals surface area (Å²) < 4.78 is 27.7. The fourth-order valence-corrected chi connectivity index (χ4v) is 5.74. The smallest absolute Gasteiger partial charge is 0.307 e. The summed E-state index contributed by atoms with van der Waals surface area (Å²) in [5, 5.41) is 22.9. The molecule has 2 aliphatic carbocycles. The van der Waals surface area contributed by atoms with E-state index in [9.17, 15) is 34.2 Å². The number of hydrogen-bond acceptors (Lipinski definition) is 12. The van der Waals surface area contributed by atoms with E-state index < -0.39 is 71.7 Å². The van der Waals surface area contributed by atoms with Crippen LogP contribution in [0.4, 0.5) is 0 Å². The Bertz CT molecular complexity index is 1190. The van der Waals surface area contributed by atoms with Crippen molar-refractivity contribution in [2.24, 2.45) is 11.3 Å². The zero-order chi connectivity index (χ0) is 32.1. The average Bonchev–Trinajstić information content (AvgIpc) is 2.83. The molecule has 0 radical (unpaired) electrons. The van der Waals surface area contributed by atoms with Gasteiger partial charge in [0.1, 0.15) is 18.8 Å². The first kappa shape index (κ1) is 34.7. The Labute approximate surface area is 245 Å². The number of ether oxygens (including phenoxy) is 5. The highest BCUT2D eigenvalue weighted by Crippen LogP contribution is 2.51. The van der Waals surface area contributed by atoms with Gasteiger partial charge in [-0.15, -0.1) is 0 Å². The van der Waals surface area contributed by atoms with E-state index in [1.165, 1.54) is 33.8 Å². The third-order valence-corrected chi connectivity index (χ3v) is 7.63. The van der Waals surface area contributed by atoms with Gasteiger partial charge in [0.25, 0.3) is 0 Å². The largest absolute Gasteiger partial charge is 0.461 e. The van der Waals surface area contributed by atoms with E-state index in [-0.39, 0.29) is 36.4 Å². The first-order valence-corrected chi connectivity index (χ1v) is 13.7. The fraction of sp³-hybridized carbons (Fsp3) is 0.633. The summed E-state index contributed by atoms with van der Waals surface area (Å²) in [5.41, 5.74) is 0.234. The van der Waals surface area contributed by atoms with Crippen molar-refractivity contribution in [3.63, 3.8) is 0 Å². The number of aliphatic hydroxyl groups excluding tert-OH is 2. The molecule has 2 bridgehead atoms. The number of esters is 5. The van der Waals surface area contributed by atoms with Crippen molar-refractivity contribution in [3.05, 3.63) is 34.1 Å². The van der Waals surface area contributed by atoms with Gasteiger partial charge < -0.3 is 33.9 Å². The molecule has 234 valence electrons. The van der Waals surface area contributed by atoms with Crippen molar-refractivity contribution in [2.45, 2.75) is 106 Å². The van der Waals surface area contributed by atoms with Gasteiger partial charge in [-0.25, -0.2) is 0 Å². The molecule has 6 unspecified atom stereocenters. The fourth-order valence-electron chi connectivity index (χ4n) is 5.74. The van der Waals surface area contributed by atoms with Crippen molar-refractivity contribution in [2.75, 3.05) is 6.61 Å². The molecule has 0 spiro atoms. The molecular formula is C30H42O12. The number of hydrogen-bond donors (Lipinski definition) is 2. The van der Waals surface area contributed by atoms with E-state index in [2.05, 4.69) is 0 Å². The quantitative estimate of drug-likeness (QED) is 0.262. The lowest BCUT2D eigenvalue weighted by Gasteiger charge is -2.48. The molecule has 12 nitrogen and oxygen atoms in total. The van der Waals surface area contributed by atoms with E-state index >= 15 is 0 Å². The zero-order valence-corrected chi connectivity index (χ0v) is 25.6. The Kier molecular flexibility index (Phi) is 11.7. The van der Waals surface area contributed by atoms with Gasteiger partial charge in [0, 0.05) is 52.5 Å². The molecule has 0 heterocycles. The Morgan fingerprint density at radius 3 is 1.79 bits per heavy atom. The monoisotopic (exact) mass is 594 g/mol. The van der Waals surface area contributed by atoms with Crippen molar-refractivity contribution >= 4 is 29.8 Å². The van der Waals surface area contributed by atoms with Crippen LogP contribution < -0.4 is 0 Å². The summed E-state index contributed by atoms with van der Waals surface area (Å²) in [6.45, 7) is 12.4. The molecule has 2 N–H and O–H groups in total. The first-order chi connectivity index (χ1) is 19.4. The Hall–Kier alpha value is -3.51. The summed E-state index contributed by atoms with van der Waals surface area (Å²) in [6.07, 6.45) is -4.82. The summed E-state index contributed by atoms with van der Waals surface area (Å²) in [4.78, 5) is 60.8. The van der Waals surface area contributed by atoms with E-state index in [1.807, 2.05) is 0 Å². The molecule has 0 fully saturated rings. The van der Waals surface area contributed by atoms with Crippen LogP contribution in [0.2, 0.25) is 0 Å². The summed E-state index contributed by atoms with van der Waals surface area (Å²) in [5.74, 6) is -4.24. The van der Waals surface area contributed by atoms with Crippen LogP contribution in [0.3, 0.4) is 0 Å². The van der Waals surface area contributed by atoms with Crippen LogP contribution in [0.5, 0.6) is 0 Å². The van der Waals surface area contributed by atoms with E-state index in [1.54, 1.807) is 20.8 Å². The number of rotatable bonds is 6. The van der Waals surface area contributed by atoms with Crippen molar-refractivity contribution in [1.82, 2.24) is 0 Å². The highest BCUT2D eigenvalue weighted by Gasteiger charge is 2.50. The SMILES string of the molecule is CC(=O)OCC1=CC(O)C2CC(OC(C)=O)C(C)=C(C(OC(C)=O)C(OC(C)=O)=C(C)C(OC(C)=O)CC1O)C2(C)C. The van der Waals surface area contributed by atoms with Gasteiger partial charge in [0.05, 0.1) is 12.2 Å². The van der Waals surface area contributed by atoms with Crippen LogP contribution in [-0.4, -0.2) is 77.2 Å². The number of aliphatic hydroxyl groups is 2. The van der Waals surface area contributed by atoms with Gasteiger partial charge in [0.15, 0.2) is 11.9 Å². The molecule has 0 aliphatic heterocycles. The molecule has 0 amide bonds. The van der Waals surface area contributed by atoms with Crippen LogP contribution in [-0.2, 0) is 47.7 Å². The maximum atomic E-state index is 12.5. The minimum Gasteiger partial charge on any atom is -0.461 e. The summed E-state index contributed by atoms with van der Waals surface area (Å²) in [6, 6.07) is 0. The second kappa shape index (κ2) is 14.1. The molecule has 0 saturated heterocycles. The predicted molar refractivity (Wildman–Crippen MR) is 147 cm³/mol. The molecule has 2 rings (SSSR count). The highest BCUT2D eigenvalue weighted by molar-refractivity contribution is 5.70. The topological polar surface area (TPSA) is 172 Å². The lowest BCUT2D eigenvalue weighted by atomic mass is 9.60. The van der Waals surface area contributed by atoms with Gasteiger partial charge in [0.2, 0.25) is 0 Å². The Morgan fingerprint density at radius 1 is 0.786 bits per heavy atom. The molecule has 6 atom stereocenters. The zero-order valence-electron chi connectivity index (χ0n) is 25.6. The van der Waals surface area contributed by atoms with Gasteiger partial charge in [-0.05, 0) is 42.4 Å². The van der Waals surface area contributed by atoms with Crippen LogP contribution in [0.1, 0.15) is 75.2 Å². The van der Waals surface area contributed by atoms with Gasteiger partial charge >= 0.3 is 29.8 Å². The van der Waals surface area contributed by atoms with Gasteiger partial charge in [-0.1, -0.05) is 19.9 Å². The Balaban J connectivity index is 3.05. The normalized spacial score (nSPS) is 27.9. The molecule has 42 heavy (non-hydrogen) atoms. The third-order valence-electron chi connectivity index (χ3n) is 7.63. The molecule has 2 aliphatic rings. The van der Waals surface area contributed by atoms with Crippen LogP contribution in [0.15, 0.2) is 34.1 Å². The predicted octanol–water partition coefficient (Wildman–Crippen LogP) is 2.60. The van der Waals surface area contributed by atoms with Crippen molar-refractivity contribution in [3.8, 4) is 0 Å². The maximum absolute atomic E-state index is 12.5. The molecule has 12 heteroatoms. The van der Waals surface area contributed by atoms with Crippen LogP contribution in [0, 0.1) is 11.3 Å². The van der Waals surface area contributed by atoms with Gasteiger partial charge in [-0.2, -0.15) is 0 Å². The number of fused-ring (bicyclic) bond motifs is 2. The van der Waals surface area contributed by atoms with Crippen molar-refractivity contribution in [1.29, 1.82) is 0 Å². The highest BCUT2D eigenvalue weighted by atomic mass is 16.6. The van der Waals surface area contributed by atoms with Crippen molar-refractivity contribution < 1.29 is 57.9 Å². The minimum absolute atomic E-state index is 0.140. The maximum Gasteiger partial charge on any atom is 0.307 e. The lowest BCUT2D eigenvalue weighted by Crippen LogP contribution is -2.48. The third kappa shape index (κ3) is 8.51. The molecule has 0 aromatic carbocycles. The second-order valence-electron chi connectivity index (χ2n) is 11.3. The van der Waals surface area contributed by atoms with E-state index in [0.717, 1.165) is 13.8 Å². The molecule has 0 saturated carbocycles. The second-order valence-corrected chi connectivity index (χ2v) is 11.3. The van der Waals surface area contributed by atoms with E-state index in [0.29, 0.717) is 11.1 Å².